The Morgan fingerprint density at radius 2 is 1.45 bits per heavy atom. The Kier molecular flexibility index (Phi) is 3.48. The molecule has 2 aromatic carbocycles. The number of phenolic OH excluding ortho intramolecular Hbond substituents is 2. The third-order valence-electron chi connectivity index (χ3n) is 3.40. The van der Waals surface area contributed by atoms with Crippen molar-refractivity contribution in [3.63, 3.8) is 0 Å². The maximum Gasteiger partial charge on any atom is 0.210 e. The van der Waals surface area contributed by atoms with Crippen molar-refractivity contribution in [2.24, 2.45) is 0 Å². The number of aromatic hydroxyl groups is 2. The van der Waals surface area contributed by atoms with Gasteiger partial charge in [-0.15, -0.1) is 0 Å². The standard InChI is InChI=1S/C15H16O4S/c1-9-4-6-14(17)15(11(9)3)20(18,19)12-5-7-13(16)10(2)8-12/h4-8,16-17H,1-3H3. The maximum atomic E-state index is 12.6. The van der Waals surface area contributed by atoms with E-state index in [1.54, 1.807) is 26.8 Å². The highest BCUT2D eigenvalue weighted by atomic mass is 32.2. The molecule has 20 heavy (non-hydrogen) atoms. The second-order valence-corrected chi connectivity index (χ2v) is 6.69. The van der Waals surface area contributed by atoms with Crippen LogP contribution in [0.3, 0.4) is 0 Å². The van der Waals surface area contributed by atoms with E-state index in [0.29, 0.717) is 11.1 Å². The molecule has 2 aromatic rings. The quantitative estimate of drug-likeness (QED) is 0.892. The molecule has 0 saturated heterocycles. The van der Waals surface area contributed by atoms with Gasteiger partial charge in [0.05, 0.1) is 4.90 Å². The van der Waals surface area contributed by atoms with Crippen LogP contribution in [-0.2, 0) is 9.84 Å². The van der Waals surface area contributed by atoms with Crippen LogP contribution in [0, 0.1) is 20.8 Å². The van der Waals surface area contributed by atoms with Crippen molar-refractivity contribution in [3.8, 4) is 11.5 Å². The third kappa shape index (κ3) is 2.25. The molecule has 0 radical (unpaired) electrons. The van der Waals surface area contributed by atoms with E-state index in [4.69, 9.17) is 0 Å². The Morgan fingerprint density at radius 3 is 2.05 bits per heavy atom. The van der Waals surface area contributed by atoms with E-state index in [0.717, 1.165) is 5.56 Å². The van der Waals surface area contributed by atoms with Crippen molar-refractivity contribution in [1.82, 2.24) is 0 Å². The van der Waals surface area contributed by atoms with Crippen LogP contribution in [0.5, 0.6) is 11.5 Å². The fourth-order valence-electron chi connectivity index (χ4n) is 2.03. The van der Waals surface area contributed by atoms with Gasteiger partial charge in [-0.05, 0) is 61.7 Å². The minimum Gasteiger partial charge on any atom is -0.508 e. The van der Waals surface area contributed by atoms with Gasteiger partial charge in [0.15, 0.2) is 0 Å². The van der Waals surface area contributed by atoms with Crippen LogP contribution in [-0.4, -0.2) is 18.6 Å². The molecule has 0 saturated carbocycles. The highest BCUT2D eigenvalue weighted by molar-refractivity contribution is 7.91. The van der Waals surface area contributed by atoms with Gasteiger partial charge in [0.25, 0.3) is 0 Å². The van der Waals surface area contributed by atoms with Crippen molar-refractivity contribution in [3.05, 3.63) is 47.0 Å². The number of hydrogen-bond acceptors (Lipinski definition) is 4. The zero-order chi connectivity index (χ0) is 15.1. The Morgan fingerprint density at radius 1 is 0.850 bits per heavy atom. The van der Waals surface area contributed by atoms with Crippen molar-refractivity contribution < 1.29 is 18.6 Å². The van der Waals surface area contributed by atoms with Gasteiger partial charge >= 0.3 is 0 Å². The highest BCUT2D eigenvalue weighted by Gasteiger charge is 2.25. The van der Waals surface area contributed by atoms with E-state index in [1.807, 2.05) is 0 Å². The zero-order valence-electron chi connectivity index (χ0n) is 11.5. The molecule has 0 unspecified atom stereocenters. The molecule has 0 heterocycles. The Bertz CT molecular complexity index is 777. The van der Waals surface area contributed by atoms with Gasteiger partial charge < -0.3 is 10.2 Å². The molecular formula is C15H16O4S. The maximum absolute atomic E-state index is 12.6. The molecule has 0 spiro atoms. The molecule has 0 amide bonds. The predicted molar refractivity (Wildman–Crippen MR) is 75.9 cm³/mol. The van der Waals surface area contributed by atoms with E-state index in [1.165, 1.54) is 24.3 Å². The molecule has 0 bridgehead atoms. The first-order chi connectivity index (χ1) is 9.25. The molecule has 106 valence electrons. The molecule has 0 aliphatic rings. The van der Waals surface area contributed by atoms with E-state index in [2.05, 4.69) is 0 Å². The average molecular weight is 292 g/mol. The first-order valence-electron chi connectivity index (χ1n) is 6.09. The third-order valence-corrected chi connectivity index (χ3v) is 5.33. The minimum atomic E-state index is -3.82. The van der Waals surface area contributed by atoms with Crippen LogP contribution < -0.4 is 0 Å². The van der Waals surface area contributed by atoms with Crippen LogP contribution in [0.2, 0.25) is 0 Å². The number of sulfone groups is 1. The van der Waals surface area contributed by atoms with Gasteiger partial charge in [-0.25, -0.2) is 8.42 Å². The summed E-state index contributed by atoms with van der Waals surface area (Å²) in [4.78, 5) is -0.0283. The second-order valence-electron chi connectivity index (χ2n) is 4.81. The Balaban J connectivity index is 2.73. The predicted octanol–water partition coefficient (Wildman–Crippen LogP) is 2.86. The lowest BCUT2D eigenvalue weighted by molar-refractivity contribution is 0.457. The largest absolute Gasteiger partial charge is 0.508 e. The molecule has 5 heteroatoms. The molecule has 0 aliphatic heterocycles. The number of aryl methyl sites for hydroxylation is 2. The molecule has 0 aromatic heterocycles. The smallest absolute Gasteiger partial charge is 0.210 e. The summed E-state index contributed by atoms with van der Waals surface area (Å²) in [5.74, 6) is -0.229. The molecule has 0 fully saturated rings. The van der Waals surface area contributed by atoms with Crippen LogP contribution >= 0.6 is 0 Å². The summed E-state index contributed by atoms with van der Waals surface area (Å²) < 4.78 is 25.3. The summed E-state index contributed by atoms with van der Waals surface area (Å²) in [6.07, 6.45) is 0. The molecule has 2 N–H and O–H groups in total. The van der Waals surface area contributed by atoms with Crippen LogP contribution in [0.25, 0.3) is 0 Å². The average Bonchev–Trinajstić information content (AvgIpc) is 2.37. The van der Waals surface area contributed by atoms with Crippen molar-refractivity contribution in [2.75, 3.05) is 0 Å². The zero-order valence-corrected chi connectivity index (χ0v) is 12.3. The van der Waals surface area contributed by atoms with Crippen molar-refractivity contribution >= 4 is 9.84 Å². The normalized spacial score (nSPS) is 11.6. The summed E-state index contributed by atoms with van der Waals surface area (Å²) in [5.41, 5.74) is 1.78. The highest BCUT2D eigenvalue weighted by Crippen LogP contribution is 2.34. The summed E-state index contributed by atoms with van der Waals surface area (Å²) >= 11 is 0. The van der Waals surface area contributed by atoms with E-state index >= 15 is 0 Å². The van der Waals surface area contributed by atoms with Gasteiger partial charge in [0.2, 0.25) is 9.84 Å². The fraction of sp³-hybridized carbons (Fsp3) is 0.200. The summed E-state index contributed by atoms with van der Waals surface area (Å²) in [5, 5.41) is 19.4. The molecule has 0 atom stereocenters. The Hall–Kier alpha value is -2.01. The van der Waals surface area contributed by atoms with Crippen LogP contribution in [0.4, 0.5) is 0 Å². The molecule has 4 nitrogen and oxygen atoms in total. The first-order valence-corrected chi connectivity index (χ1v) is 7.57. The first kappa shape index (κ1) is 14.4. The SMILES string of the molecule is Cc1cc(S(=O)(=O)c2c(O)ccc(C)c2C)ccc1O. The summed E-state index contributed by atoms with van der Waals surface area (Å²) in [7, 11) is -3.82. The topological polar surface area (TPSA) is 74.6 Å². The molecule has 2 rings (SSSR count). The van der Waals surface area contributed by atoms with Crippen molar-refractivity contribution in [1.29, 1.82) is 0 Å². The second kappa shape index (κ2) is 4.83. The number of hydrogen-bond donors (Lipinski definition) is 2. The van der Waals surface area contributed by atoms with E-state index in [-0.39, 0.29) is 21.3 Å². The number of benzene rings is 2. The van der Waals surface area contributed by atoms with Crippen LogP contribution in [0.15, 0.2) is 40.1 Å². The summed E-state index contributed by atoms with van der Waals surface area (Å²) in [6.45, 7) is 5.07. The number of phenols is 2. The van der Waals surface area contributed by atoms with Gasteiger partial charge in [-0.2, -0.15) is 0 Å². The lowest BCUT2D eigenvalue weighted by Gasteiger charge is -2.12. The fourth-order valence-corrected chi connectivity index (χ4v) is 3.75. The molecular weight excluding hydrogens is 276 g/mol. The monoisotopic (exact) mass is 292 g/mol. The van der Waals surface area contributed by atoms with E-state index in [9.17, 15) is 18.6 Å². The molecule has 0 aliphatic carbocycles. The van der Waals surface area contributed by atoms with Gasteiger partial charge in [-0.3, -0.25) is 0 Å². The number of rotatable bonds is 2. The Labute approximate surface area is 118 Å². The van der Waals surface area contributed by atoms with E-state index < -0.39 is 9.84 Å². The van der Waals surface area contributed by atoms with Gasteiger partial charge in [-0.1, -0.05) is 6.07 Å². The van der Waals surface area contributed by atoms with Crippen LogP contribution in [0.1, 0.15) is 16.7 Å². The summed E-state index contributed by atoms with van der Waals surface area (Å²) in [6, 6.07) is 7.11. The van der Waals surface area contributed by atoms with Crippen molar-refractivity contribution in [2.45, 2.75) is 30.6 Å². The lowest BCUT2D eigenvalue weighted by atomic mass is 10.1. The lowest BCUT2D eigenvalue weighted by Crippen LogP contribution is -2.06. The van der Waals surface area contributed by atoms with Gasteiger partial charge in [0, 0.05) is 0 Å². The van der Waals surface area contributed by atoms with Gasteiger partial charge in [0.1, 0.15) is 16.4 Å². The minimum absolute atomic E-state index is 0.0362.